The summed E-state index contributed by atoms with van der Waals surface area (Å²) < 4.78 is 5.26. The van der Waals surface area contributed by atoms with Crippen molar-refractivity contribution in [3.8, 4) is 11.3 Å². The minimum Gasteiger partial charge on any atom is -0.359 e. The highest BCUT2D eigenvalue weighted by atomic mass is 35.5. The molecular formula is C18H15ClN2O2S. The van der Waals surface area contributed by atoms with Crippen molar-refractivity contribution in [1.82, 2.24) is 10.5 Å². The SMILES string of the molecule is O=C(CSc1ccccc1)NCc1cc(-c2ccccc2Cl)no1. The number of halogens is 1. The number of carbonyl (C=O) groups excluding carboxylic acids is 1. The van der Waals surface area contributed by atoms with Crippen molar-refractivity contribution in [2.24, 2.45) is 0 Å². The summed E-state index contributed by atoms with van der Waals surface area (Å²) in [7, 11) is 0. The lowest BCUT2D eigenvalue weighted by atomic mass is 10.1. The van der Waals surface area contributed by atoms with Gasteiger partial charge in [-0.05, 0) is 18.2 Å². The molecule has 0 saturated heterocycles. The van der Waals surface area contributed by atoms with Gasteiger partial charge in [0.15, 0.2) is 5.76 Å². The molecule has 0 aliphatic heterocycles. The Bertz CT molecular complexity index is 821. The molecule has 0 unspecified atom stereocenters. The van der Waals surface area contributed by atoms with Crippen LogP contribution in [0.15, 0.2) is 70.1 Å². The van der Waals surface area contributed by atoms with E-state index in [1.165, 1.54) is 11.8 Å². The molecule has 0 fully saturated rings. The first-order valence-corrected chi connectivity index (χ1v) is 8.74. The number of nitrogens with one attached hydrogen (secondary N) is 1. The maximum absolute atomic E-state index is 11.9. The van der Waals surface area contributed by atoms with E-state index in [-0.39, 0.29) is 5.91 Å². The number of hydrogen-bond donors (Lipinski definition) is 1. The van der Waals surface area contributed by atoms with Crippen LogP contribution < -0.4 is 5.32 Å². The standard InChI is InChI=1S/C18H15ClN2O2S/c19-16-9-5-4-8-15(16)17-10-13(23-21-17)11-20-18(22)12-24-14-6-2-1-3-7-14/h1-10H,11-12H2,(H,20,22). The average Bonchev–Trinajstić information content (AvgIpc) is 3.08. The van der Waals surface area contributed by atoms with Crippen LogP contribution in [0.3, 0.4) is 0 Å². The summed E-state index contributed by atoms with van der Waals surface area (Å²) >= 11 is 7.63. The summed E-state index contributed by atoms with van der Waals surface area (Å²) in [5.41, 5.74) is 1.46. The van der Waals surface area contributed by atoms with Gasteiger partial charge in [-0.3, -0.25) is 4.79 Å². The molecule has 0 radical (unpaired) electrons. The number of carbonyl (C=O) groups is 1. The highest BCUT2D eigenvalue weighted by Crippen LogP contribution is 2.26. The number of aromatic nitrogens is 1. The maximum atomic E-state index is 11.9. The Morgan fingerprint density at radius 2 is 1.88 bits per heavy atom. The Morgan fingerprint density at radius 1 is 1.12 bits per heavy atom. The molecule has 0 saturated carbocycles. The number of thioether (sulfide) groups is 1. The minimum absolute atomic E-state index is 0.0560. The lowest BCUT2D eigenvalue weighted by molar-refractivity contribution is -0.118. The number of amides is 1. The summed E-state index contributed by atoms with van der Waals surface area (Å²) in [5, 5.41) is 7.44. The zero-order valence-electron chi connectivity index (χ0n) is 12.7. The van der Waals surface area contributed by atoms with Gasteiger partial charge in [0, 0.05) is 16.5 Å². The summed E-state index contributed by atoms with van der Waals surface area (Å²) in [4.78, 5) is 13.0. The molecule has 0 atom stereocenters. The van der Waals surface area contributed by atoms with Crippen LogP contribution in [0.25, 0.3) is 11.3 Å². The molecule has 3 rings (SSSR count). The molecular weight excluding hydrogens is 344 g/mol. The van der Waals surface area contributed by atoms with Gasteiger partial charge in [0.05, 0.1) is 17.3 Å². The fourth-order valence-corrected chi connectivity index (χ4v) is 3.08. The van der Waals surface area contributed by atoms with Crippen LogP contribution in [0.2, 0.25) is 5.02 Å². The second-order valence-electron chi connectivity index (χ2n) is 5.04. The normalized spacial score (nSPS) is 10.5. The fourth-order valence-electron chi connectivity index (χ4n) is 2.09. The molecule has 0 aliphatic rings. The van der Waals surface area contributed by atoms with E-state index >= 15 is 0 Å². The molecule has 6 heteroatoms. The lowest BCUT2D eigenvalue weighted by Crippen LogP contribution is -2.24. The van der Waals surface area contributed by atoms with Gasteiger partial charge in [-0.1, -0.05) is 53.2 Å². The monoisotopic (exact) mass is 358 g/mol. The van der Waals surface area contributed by atoms with Crippen molar-refractivity contribution >= 4 is 29.3 Å². The predicted octanol–water partition coefficient (Wildman–Crippen LogP) is 4.40. The molecule has 4 nitrogen and oxygen atoms in total. The van der Waals surface area contributed by atoms with E-state index in [0.29, 0.717) is 28.8 Å². The topological polar surface area (TPSA) is 55.1 Å². The van der Waals surface area contributed by atoms with Crippen molar-refractivity contribution in [2.75, 3.05) is 5.75 Å². The Hall–Kier alpha value is -2.24. The van der Waals surface area contributed by atoms with Gasteiger partial charge in [-0.25, -0.2) is 0 Å². The molecule has 1 aromatic heterocycles. The van der Waals surface area contributed by atoms with E-state index in [0.717, 1.165) is 10.5 Å². The van der Waals surface area contributed by atoms with Gasteiger partial charge in [-0.2, -0.15) is 0 Å². The van der Waals surface area contributed by atoms with Gasteiger partial charge in [0.2, 0.25) is 5.91 Å². The minimum atomic E-state index is -0.0560. The van der Waals surface area contributed by atoms with Crippen LogP contribution in [0.4, 0.5) is 0 Å². The van der Waals surface area contributed by atoms with Gasteiger partial charge in [-0.15, -0.1) is 11.8 Å². The third-order valence-electron chi connectivity index (χ3n) is 3.28. The second-order valence-corrected chi connectivity index (χ2v) is 6.49. The number of hydrogen-bond acceptors (Lipinski definition) is 4. The van der Waals surface area contributed by atoms with Crippen molar-refractivity contribution in [3.63, 3.8) is 0 Å². The van der Waals surface area contributed by atoms with E-state index in [1.54, 1.807) is 12.1 Å². The van der Waals surface area contributed by atoms with Crippen molar-refractivity contribution < 1.29 is 9.32 Å². The quantitative estimate of drug-likeness (QED) is 0.663. The van der Waals surface area contributed by atoms with Crippen molar-refractivity contribution in [3.05, 3.63) is 71.4 Å². The molecule has 24 heavy (non-hydrogen) atoms. The van der Waals surface area contributed by atoms with Crippen LogP contribution in [-0.4, -0.2) is 16.8 Å². The van der Waals surface area contributed by atoms with Crippen molar-refractivity contribution in [1.29, 1.82) is 0 Å². The molecule has 3 aromatic rings. The van der Waals surface area contributed by atoms with Crippen LogP contribution >= 0.6 is 23.4 Å². The second kappa shape index (κ2) is 8.04. The van der Waals surface area contributed by atoms with Gasteiger partial charge < -0.3 is 9.84 Å². The van der Waals surface area contributed by atoms with Crippen LogP contribution in [0, 0.1) is 0 Å². The summed E-state index contributed by atoms with van der Waals surface area (Å²) in [6.07, 6.45) is 0. The summed E-state index contributed by atoms with van der Waals surface area (Å²) in [6.45, 7) is 0.297. The summed E-state index contributed by atoms with van der Waals surface area (Å²) in [6, 6.07) is 19.0. The van der Waals surface area contributed by atoms with Crippen LogP contribution in [-0.2, 0) is 11.3 Å². The summed E-state index contributed by atoms with van der Waals surface area (Å²) in [5.74, 6) is 0.887. The first kappa shape index (κ1) is 16.6. The largest absolute Gasteiger partial charge is 0.359 e. The van der Waals surface area contributed by atoms with E-state index in [2.05, 4.69) is 10.5 Å². The maximum Gasteiger partial charge on any atom is 0.230 e. The van der Waals surface area contributed by atoms with E-state index in [9.17, 15) is 4.79 Å². The predicted molar refractivity (Wildman–Crippen MR) is 96.0 cm³/mol. The van der Waals surface area contributed by atoms with Crippen LogP contribution in [0.5, 0.6) is 0 Å². The Balaban J connectivity index is 1.52. The third-order valence-corrected chi connectivity index (χ3v) is 4.62. The highest BCUT2D eigenvalue weighted by Gasteiger charge is 2.10. The zero-order valence-corrected chi connectivity index (χ0v) is 14.3. The smallest absolute Gasteiger partial charge is 0.230 e. The molecule has 0 bridgehead atoms. The molecule has 1 amide bonds. The van der Waals surface area contributed by atoms with Crippen LogP contribution in [0.1, 0.15) is 5.76 Å². The molecule has 122 valence electrons. The molecule has 1 heterocycles. The Kier molecular flexibility index (Phi) is 5.56. The first-order chi connectivity index (χ1) is 11.7. The number of rotatable bonds is 6. The van der Waals surface area contributed by atoms with Crippen molar-refractivity contribution in [2.45, 2.75) is 11.4 Å². The molecule has 2 aromatic carbocycles. The Morgan fingerprint density at radius 3 is 2.67 bits per heavy atom. The first-order valence-electron chi connectivity index (χ1n) is 7.37. The molecule has 0 aliphatic carbocycles. The Labute approximate surface area is 149 Å². The zero-order chi connectivity index (χ0) is 16.8. The fraction of sp³-hybridized carbons (Fsp3) is 0.111. The number of benzene rings is 2. The van der Waals surface area contributed by atoms with E-state index in [1.807, 2.05) is 48.5 Å². The molecule has 1 N–H and O–H groups in total. The van der Waals surface area contributed by atoms with Gasteiger partial charge in [0.25, 0.3) is 0 Å². The van der Waals surface area contributed by atoms with Gasteiger partial charge in [0.1, 0.15) is 5.69 Å². The third kappa shape index (κ3) is 4.40. The number of nitrogens with zero attached hydrogens (tertiary/aromatic N) is 1. The highest BCUT2D eigenvalue weighted by molar-refractivity contribution is 8.00. The average molecular weight is 359 g/mol. The van der Waals surface area contributed by atoms with E-state index in [4.69, 9.17) is 16.1 Å². The van der Waals surface area contributed by atoms with E-state index < -0.39 is 0 Å². The molecule has 0 spiro atoms. The van der Waals surface area contributed by atoms with Gasteiger partial charge >= 0.3 is 0 Å². The lowest BCUT2D eigenvalue weighted by Gasteiger charge is -2.02.